The Morgan fingerprint density at radius 1 is 1.85 bits per heavy atom. The first-order chi connectivity index (χ1) is 6.24. The van der Waals surface area contributed by atoms with Crippen LogP contribution in [0.4, 0.5) is 0 Å². The number of carboxylic acid groups (broad SMARTS) is 1. The molecule has 5 nitrogen and oxygen atoms in total. The van der Waals surface area contributed by atoms with Gasteiger partial charge in [0.25, 0.3) is 0 Å². The summed E-state index contributed by atoms with van der Waals surface area (Å²) in [6.45, 7) is 0. The van der Waals surface area contributed by atoms with Crippen molar-refractivity contribution >= 4 is 23.7 Å². The number of aliphatic carboxylic acids is 1. The van der Waals surface area contributed by atoms with Gasteiger partial charge in [0.15, 0.2) is 0 Å². The Kier molecular flexibility index (Phi) is 3.39. The van der Waals surface area contributed by atoms with Gasteiger partial charge in [0.1, 0.15) is 0 Å². The lowest BCUT2D eigenvalue weighted by Gasteiger charge is -2.09. The summed E-state index contributed by atoms with van der Waals surface area (Å²) < 4.78 is 0. The van der Waals surface area contributed by atoms with Gasteiger partial charge in [-0.05, 0) is 0 Å². The van der Waals surface area contributed by atoms with Crippen molar-refractivity contribution in [3.05, 3.63) is 16.6 Å². The van der Waals surface area contributed by atoms with Gasteiger partial charge in [-0.3, -0.25) is 9.59 Å². The van der Waals surface area contributed by atoms with E-state index in [1.165, 1.54) is 11.3 Å². The third-order valence-corrected chi connectivity index (χ3v) is 2.06. The highest BCUT2D eigenvalue weighted by Crippen LogP contribution is 2.15. The molecule has 13 heavy (non-hydrogen) atoms. The highest BCUT2D eigenvalue weighted by molar-refractivity contribution is 7.07. The number of hydrogen-bond donors (Lipinski definition) is 2. The summed E-state index contributed by atoms with van der Waals surface area (Å²) >= 11 is 1.36. The molecule has 2 N–H and O–H groups in total. The Balaban J connectivity index is 2.67. The Bertz CT molecular complexity index is 286. The Morgan fingerprint density at radius 2 is 2.62 bits per heavy atom. The van der Waals surface area contributed by atoms with Crippen molar-refractivity contribution in [1.82, 2.24) is 10.3 Å². The molecule has 0 bridgehead atoms. The van der Waals surface area contributed by atoms with Crippen molar-refractivity contribution in [2.75, 3.05) is 0 Å². The van der Waals surface area contributed by atoms with Crippen LogP contribution in [0, 0.1) is 0 Å². The van der Waals surface area contributed by atoms with Crippen LogP contribution in [-0.2, 0) is 9.59 Å². The standard InChI is InChI=1S/C7H8N2O3S/c10-3-8-5(1-7(11)12)6-2-13-4-9-6/h2-5H,1H2,(H,8,10)(H,11,12). The molecule has 0 aliphatic heterocycles. The van der Waals surface area contributed by atoms with Gasteiger partial charge in [0.05, 0.1) is 23.7 Å². The summed E-state index contributed by atoms with van der Waals surface area (Å²) in [5.74, 6) is -0.965. The summed E-state index contributed by atoms with van der Waals surface area (Å²) in [6, 6.07) is -0.527. The fourth-order valence-electron chi connectivity index (χ4n) is 0.900. The van der Waals surface area contributed by atoms with E-state index in [2.05, 4.69) is 10.3 Å². The van der Waals surface area contributed by atoms with Crippen molar-refractivity contribution in [1.29, 1.82) is 0 Å². The number of hydrogen-bond acceptors (Lipinski definition) is 4. The van der Waals surface area contributed by atoms with E-state index < -0.39 is 12.0 Å². The van der Waals surface area contributed by atoms with E-state index in [1.807, 2.05) is 0 Å². The zero-order valence-corrected chi connectivity index (χ0v) is 7.45. The Morgan fingerprint density at radius 3 is 3.08 bits per heavy atom. The van der Waals surface area contributed by atoms with Gasteiger partial charge in [-0.25, -0.2) is 4.98 Å². The highest BCUT2D eigenvalue weighted by Gasteiger charge is 2.15. The number of aromatic nitrogens is 1. The van der Waals surface area contributed by atoms with Crippen LogP contribution in [-0.4, -0.2) is 22.5 Å². The molecule has 0 spiro atoms. The SMILES string of the molecule is O=CNC(CC(=O)O)c1cscn1. The monoisotopic (exact) mass is 200 g/mol. The third-order valence-electron chi connectivity index (χ3n) is 1.46. The van der Waals surface area contributed by atoms with Crippen LogP contribution in [0.15, 0.2) is 10.9 Å². The number of carboxylic acids is 1. The van der Waals surface area contributed by atoms with Crippen LogP contribution < -0.4 is 5.32 Å². The van der Waals surface area contributed by atoms with Crippen LogP contribution in [0.1, 0.15) is 18.2 Å². The zero-order valence-electron chi connectivity index (χ0n) is 6.64. The largest absolute Gasteiger partial charge is 0.481 e. The minimum absolute atomic E-state index is 0.150. The summed E-state index contributed by atoms with van der Waals surface area (Å²) in [6.07, 6.45) is 0.329. The number of rotatable bonds is 5. The molecule has 1 atom stereocenters. The first-order valence-corrected chi connectivity index (χ1v) is 4.48. The van der Waals surface area contributed by atoms with Crippen molar-refractivity contribution in [2.24, 2.45) is 0 Å². The number of nitrogens with one attached hydrogen (secondary N) is 1. The molecule has 0 aliphatic carbocycles. The minimum Gasteiger partial charge on any atom is -0.481 e. The minimum atomic E-state index is -0.965. The van der Waals surface area contributed by atoms with Crippen LogP contribution in [0.5, 0.6) is 0 Å². The second-order valence-corrected chi connectivity index (χ2v) is 3.07. The van der Waals surface area contributed by atoms with Crippen LogP contribution in [0.25, 0.3) is 0 Å². The number of amides is 1. The predicted octanol–water partition coefficient (Wildman–Crippen LogP) is 0.405. The molecule has 1 amide bonds. The second-order valence-electron chi connectivity index (χ2n) is 2.35. The van der Waals surface area contributed by atoms with E-state index in [4.69, 9.17) is 5.11 Å². The van der Waals surface area contributed by atoms with Gasteiger partial charge in [0.2, 0.25) is 6.41 Å². The van der Waals surface area contributed by atoms with Gasteiger partial charge >= 0.3 is 5.97 Å². The maximum Gasteiger partial charge on any atom is 0.305 e. The normalized spacial score (nSPS) is 12.0. The summed E-state index contributed by atoms with van der Waals surface area (Å²) in [4.78, 5) is 24.5. The van der Waals surface area contributed by atoms with Crippen LogP contribution in [0.3, 0.4) is 0 Å². The highest BCUT2D eigenvalue weighted by atomic mass is 32.1. The molecule has 0 aliphatic rings. The number of nitrogens with zero attached hydrogens (tertiary/aromatic N) is 1. The molecule has 0 radical (unpaired) electrons. The molecule has 1 rings (SSSR count). The molecular weight excluding hydrogens is 192 g/mol. The van der Waals surface area contributed by atoms with Crippen molar-refractivity contribution in [2.45, 2.75) is 12.5 Å². The lowest BCUT2D eigenvalue weighted by molar-refractivity contribution is -0.137. The lowest BCUT2D eigenvalue weighted by atomic mass is 10.1. The van der Waals surface area contributed by atoms with Crippen molar-refractivity contribution in [3.8, 4) is 0 Å². The number of carbonyl (C=O) groups is 2. The number of thiazole rings is 1. The summed E-state index contributed by atoms with van der Waals surface area (Å²) in [5, 5.41) is 12.6. The molecule has 0 saturated heterocycles. The van der Waals surface area contributed by atoms with E-state index in [0.29, 0.717) is 12.1 Å². The van der Waals surface area contributed by atoms with Crippen molar-refractivity contribution < 1.29 is 14.7 Å². The molecule has 0 fully saturated rings. The Hall–Kier alpha value is -1.43. The smallest absolute Gasteiger partial charge is 0.305 e. The van der Waals surface area contributed by atoms with Gasteiger partial charge in [-0.15, -0.1) is 11.3 Å². The van der Waals surface area contributed by atoms with E-state index in [0.717, 1.165) is 0 Å². The summed E-state index contributed by atoms with van der Waals surface area (Å²) in [5.41, 5.74) is 2.18. The average molecular weight is 200 g/mol. The molecule has 1 aromatic heterocycles. The molecule has 70 valence electrons. The maximum absolute atomic E-state index is 10.4. The fourth-order valence-corrected chi connectivity index (χ4v) is 1.51. The molecule has 1 heterocycles. The van der Waals surface area contributed by atoms with Gasteiger partial charge < -0.3 is 10.4 Å². The van der Waals surface area contributed by atoms with Crippen LogP contribution in [0.2, 0.25) is 0 Å². The Labute approximate surface area is 78.4 Å². The first kappa shape index (κ1) is 9.66. The fraction of sp³-hybridized carbons (Fsp3) is 0.286. The molecule has 0 aromatic carbocycles. The first-order valence-electron chi connectivity index (χ1n) is 3.53. The van der Waals surface area contributed by atoms with E-state index >= 15 is 0 Å². The van der Waals surface area contributed by atoms with Crippen LogP contribution >= 0.6 is 11.3 Å². The van der Waals surface area contributed by atoms with E-state index in [9.17, 15) is 9.59 Å². The molecule has 1 aromatic rings. The summed E-state index contributed by atoms with van der Waals surface area (Å²) in [7, 11) is 0. The quantitative estimate of drug-likeness (QED) is 0.674. The van der Waals surface area contributed by atoms with Gasteiger partial charge in [-0.1, -0.05) is 0 Å². The maximum atomic E-state index is 10.4. The van der Waals surface area contributed by atoms with E-state index in [-0.39, 0.29) is 6.42 Å². The third kappa shape index (κ3) is 2.83. The molecule has 0 saturated carbocycles. The molecular formula is C7H8N2O3S. The number of carbonyl (C=O) groups excluding carboxylic acids is 1. The van der Waals surface area contributed by atoms with Gasteiger partial charge in [-0.2, -0.15) is 0 Å². The molecule has 1 unspecified atom stereocenters. The predicted molar refractivity (Wildman–Crippen MR) is 46.3 cm³/mol. The molecule has 6 heteroatoms. The lowest BCUT2D eigenvalue weighted by Crippen LogP contribution is -2.22. The van der Waals surface area contributed by atoms with Crippen molar-refractivity contribution in [3.63, 3.8) is 0 Å². The topological polar surface area (TPSA) is 79.3 Å². The second kappa shape index (κ2) is 4.56. The average Bonchev–Trinajstić information content (AvgIpc) is 2.54. The van der Waals surface area contributed by atoms with Gasteiger partial charge in [0, 0.05) is 5.38 Å². The zero-order chi connectivity index (χ0) is 9.68. The van der Waals surface area contributed by atoms with E-state index in [1.54, 1.807) is 10.9 Å².